The Morgan fingerprint density at radius 3 is 1.67 bits per heavy atom. The van der Waals surface area contributed by atoms with Gasteiger partial charge in [0.05, 0.1) is 0 Å². The third-order valence-corrected chi connectivity index (χ3v) is 7.76. The van der Waals surface area contributed by atoms with Gasteiger partial charge in [-0.15, -0.1) is 13.2 Å². The topological polar surface area (TPSA) is 46.5 Å². The van der Waals surface area contributed by atoms with Crippen molar-refractivity contribution in [3.63, 3.8) is 0 Å². The van der Waals surface area contributed by atoms with Gasteiger partial charge in [0.25, 0.3) is 0 Å². The number of phenols is 1. The molecule has 0 aliphatic heterocycles. The highest BCUT2D eigenvalue weighted by Crippen LogP contribution is 2.40. The zero-order chi connectivity index (χ0) is 31.4. The van der Waals surface area contributed by atoms with Crippen molar-refractivity contribution in [3.05, 3.63) is 71.9 Å². The van der Waals surface area contributed by atoms with Gasteiger partial charge in [-0.1, -0.05) is 105 Å². The summed E-state index contributed by atoms with van der Waals surface area (Å²) in [5.74, 6) is 0.0189. The Morgan fingerprint density at radius 1 is 0.738 bits per heavy atom. The maximum atomic E-state index is 12.8. The maximum Gasteiger partial charge on any atom is 0.331 e. The molecule has 0 unspecified atom stereocenters. The minimum Gasteiger partial charge on any atom is -0.507 e. The number of hydrogen-bond donors (Lipinski definition) is 1. The maximum absolute atomic E-state index is 12.8. The first-order chi connectivity index (χ1) is 19.9. The molecule has 0 aliphatic carbocycles. The van der Waals surface area contributed by atoms with Crippen LogP contribution in [0.25, 0.3) is 6.08 Å². The lowest BCUT2D eigenvalue weighted by atomic mass is 9.78. The van der Waals surface area contributed by atoms with Gasteiger partial charge in [-0.3, -0.25) is 0 Å². The van der Waals surface area contributed by atoms with Crippen molar-refractivity contribution in [2.24, 2.45) is 0 Å². The Balaban J connectivity index is 2.78. The van der Waals surface area contributed by atoms with Crippen LogP contribution in [-0.2, 0) is 20.4 Å². The molecule has 0 aliphatic rings. The smallest absolute Gasteiger partial charge is 0.331 e. The van der Waals surface area contributed by atoms with Crippen LogP contribution in [0.4, 0.5) is 0 Å². The van der Waals surface area contributed by atoms with Crippen LogP contribution >= 0.6 is 0 Å². The van der Waals surface area contributed by atoms with Crippen molar-refractivity contribution in [1.82, 2.24) is 0 Å². The minimum atomic E-state index is -0.326. The van der Waals surface area contributed by atoms with Gasteiger partial charge in [0.15, 0.2) is 0 Å². The van der Waals surface area contributed by atoms with E-state index in [1.165, 1.54) is 75.9 Å². The Morgan fingerprint density at radius 2 is 1.19 bits per heavy atom. The molecule has 1 N–H and O–H groups in total. The number of benzene rings is 1. The number of hydrogen-bond acceptors (Lipinski definition) is 3. The summed E-state index contributed by atoms with van der Waals surface area (Å²) in [7, 11) is 0. The van der Waals surface area contributed by atoms with Crippen LogP contribution in [0.15, 0.2) is 55.2 Å². The molecule has 42 heavy (non-hydrogen) atoms. The van der Waals surface area contributed by atoms with E-state index < -0.39 is 0 Å². The van der Waals surface area contributed by atoms with Gasteiger partial charge in [0.2, 0.25) is 0 Å². The highest BCUT2D eigenvalue weighted by molar-refractivity contribution is 5.87. The number of carbonyl (C=O) groups excluding carboxylic acids is 1. The number of aromatic hydroxyl groups is 1. The quantitative estimate of drug-likeness (QED) is 0.0683. The molecular weight excluding hydrogens is 516 g/mol. The second-order valence-electron chi connectivity index (χ2n) is 13.9. The number of rotatable bonds is 21. The minimum absolute atomic E-state index is 0.217. The van der Waals surface area contributed by atoms with Crippen molar-refractivity contribution in [3.8, 4) is 5.75 Å². The number of ether oxygens (including phenoxy) is 1. The van der Waals surface area contributed by atoms with Gasteiger partial charge >= 0.3 is 5.97 Å². The highest BCUT2D eigenvalue weighted by atomic mass is 16.5. The van der Waals surface area contributed by atoms with Gasteiger partial charge in [0, 0.05) is 17.2 Å². The molecule has 0 radical (unpaired) electrons. The molecular formula is C39H62O3. The molecule has 1 aromatic carbocycles. The number of allylic oxidation sites excluding steroid dienone is 3. The average molecular weight is 579 g/mol. The second-order valence-corrected chi connectivity index (χ2v) is 13.9. The van der Waals surface area contributed by atoms with E-state index in [2.05, 4.69) is 60.8 Å². The molecule has 0 fully saturated rings. The zero-order valence-corrected chi connectivity index (χ0v) is 28.0. The van der Waals surface area contributed by atoms with E-state index in [1.807, 2.05) is 30.4 Å². The van der Waals surface area contributed by atoms with Crippen LogP contribution < -0.4 is 0 Å². The van der Waals surface area contributed by atoms with Gasteiger partial charge in [-0.2, -0.15) is 0 Å². The predicted octanol–water partition coefficient (Wildman–Crippen LogP) is 11.7. The number of esters is 1. The Bertz CT molecular complexity index is 962. The van der Waals surface area contributed by atoms with E-state index >= 15 is 0 Å². The van der Waals surface area contributed by atoms with Gasteiger partial charge < -0.3 is 9.84 Å². The summed E-state index contributed by atoms with van der Waals surface area (Å²) < 4.78 is 5.73. The van der Waals surface area contributed by atoms with Crippen LogP contribution in [0.1, 0.15) is 155 Å². The summed E-state index contributed by atoms with van der Waals surface area (Å²) in [6, 6.07) is 3.96. The van der Waals surface area contributed by atoms with Gasteiger partial charge in [-0.25, -0.2) is 4.79 Å². The summed E-state index contributed by atoms with van der Waals surface area (Å²) in [5.41, 5.74) is 3.47. The number of carbonyl (C=O) groups is 1. The van der Waals surface area contributed by atoms with E-state index in [-0.39, 0.29) is 16.8 Å². The predicted molar refractivity (Wildman–Crippen MR) is 183 cm³/mol. The van der Waals surface area contributed by atoms with Crippen molar-refractivity contribution >= 4 is 12.0 Å². The molecule has 1 aromatic rings. The molecule has 0 heterocycles. The van der Waals surface area contributed by atoms with E-state index in [4.69, 9.17) is 4.74 Å². The van der Waals surface area contributed by atoms with Crippen LogP contribution in [0.5, 0.6) is 5.75 Å². The zero-order valence-electron chi connectivity index (χ0n) is 28.0. The van der Waals surface area contributed by atoms with E-state index in [9.17, 15) is 9.90 Å². The molecule has 0 saturated heterocycles. The van der Waals surface area contributed by atoms with Crippen molar-refractivity contribution in [2.45, 2.75) is 149 Å². The second kappa shape index (κ2) is 20.4. The fraction of sp³-hybridized carbons (Fsp3) is 0.615. The molecule has 3 nitrogen and oxygen atoms in total. The first-order valence-electron chi connectivity index (χ1n) is 16.5. The lowest BCUT2D eigenvalue weighted by molar-refractivity contribution is -0.136. The largest absolute Gasteiger partial charge is 0.507 e. The van der Waals surface area contributed by atoms with E-state index in [0.717, 1.165) is 48.8 Å². The molecule has 236 valence electrons. The van der Waals surface area contributed by atoms with Gasteiger partial charge in [0.1, 0.15) is 12.4 Å². The standard InChI is InChI=1S/C39H62O3/c1-9-11-13-15-17-18-20-22-24-26-32(25-23-21-19-16-14-12-10-2)31-42-36(40)28-27-33-29-34(38(3,4)5)37(41)35(30-33)39(6,7)8/h9-10,26-30,41H,1-2,11-25,31H2,3-8H3/b28-27+,32-26-. The molecule has 1 rings (SSSR count). The molecule has 0 amide bonds. The first kappa shape index (κ1) is 37.5. The third kappa shape index (κ3) is 16.2. The number of phenolic OH excluding ortho intramolecular Hbond substituents is 1. The van der Waals surface area contributed by atoms with Gasteiger partial charge in [-0.05, 0) is 91.5 Å². The molecule has 0 atom stereocenters. The molecule has 0 saturated carbocycles. The fourth-order valence-corrected chi connectivity index (χ4v) is 5.12. The van der Waals surface area contributed by atoms with Crippen LogP contribution in [0.2, 0.25) is 0 Å². The Kier molecular flexibility index (Phi) is 18.2. The summed E-state index contributed by atoms with van der Waals surface area (Å²) in [5, 5.41) is 11.0. The SMILES string of the molecule is C=CCCCCCCCC/C=C(/CCCCCCCC=C)COC(=O)/C=C/c1cc(C(C)(C)C)c(O)c(C(C)(C)C)c1. The van der Waals surface area contributed by atoms with Crippen LogP contribution in [0, 0.1) is 0 Å². The molecule has 0 aromatic heterocycles. The summed E-state index contributed by atoms with van der Waals surface area (Å²) in [6.07, 6.45) is 27.6. The van der Waals surface area contributed by atoms with Crippen LogP contribution in [0.3, 0.4) is 0 Å². The van der Waals surface area contributed by atoms with E-state index in [0.29, 0.717) is 12.4 Å². The monoisotopic (exact) mass is 578 g/mol. The summed E-state index contributed by atoms with van der Waals surface area (Å²) >= 11 is 0. The molecule has 3 heteroatoms. The van der Waals surface area contributed by atoms with Crippen molar-refractivity contribution < 1.29 is 14.6 Å². The lowest BCUT2D eigenvalue weighted by Gasteiger charge is -2.27. The molecule has 0 bridgehead atoms. The number of unbranched alkanes of at least 4 members (excludes halogenated alkanes) is 12. The fourth-order valence-electron chi connectivity index (χ4n) is 5.12. The lowest BCUT2D eigenvalue weighted by Crippen LogP contribution is -2.17. The molecule has 0 spiro atoms. The first-order valence-corrected chi connectivity index (χ1v) is 16.5. The van der Waals surface area contributed by atoms with E-state index in [1.54, 1.807) is 0 Å². The summed E-state index contributed by atoms with van der Waals surface area (Å²) in [6.45, 7) is 20.5. The normalized spacial score (nSPS) is 12.6. The Hall–Kier alpha value is -2.55. The van der Waals surface area contributed by atoms with Crippen LogP contribution in [-0.4, -0.2) is 17.7 Å². The van der Waals surface area contributed by atoms with Crippen molar-refractivity contribution in [1.29, 1.82) is 0 Å². The van der Waals surface area contributed by atoms with Crippen molar-refractivity contribution in [2.75, 3.05) is 6.61 Å². The third-order valence-electron chi connectivity index (χ3n) is 7.76. The Labute approximate surface area is 259 Å². The highest BCUT2D eigenvalue weighted by Gasteiger charge is 2.26. The average Bonchev–Trinajstić information content (AvgIpc) is 2.92. The summed E-state index contributed by atoms with van der Waals surface area (Å²) in [4.78, 5) is 12.8.